The minimum atomic E-state index is -0.169. The highest BCUT2D eigenvalue weighted by atomic mass is 16.2. The highest BCUT2D eigenvalue weighted by molar-refractivity contribution is 6.00. The Hall–Kier alpha value is -2.82. The van der Waals surface area contributed by atoms with Crippen LogP contribution < -0.4 is 10.6 Å². The minimum absolute atomic E-state index is 0.0724. The quantitative estimate of drug-likeness (QED) is 0.775. The van der Waals surface area contributed by atoms with Gasteiger partial charge in [0.25, 0.3) is 11.8 Å². The summed E-state index contributed by atoms with van der Waals surface area (Å²) in [4.78, 5) is 27.4. The van der Waals surface area contributed by atoms with Gasteiger partial charge in [-0.05, 0) is 57.0 Å². The van der Waals surface area contributed by atoms with E-state index in [-0.39, 0.29) is 30.1 Å². The van der Waals surface area contributed by atoms with E-state index in [4.69, 9.17) is 0 Å². The van der Waals surface area contributed by atoms with E-state index in [2.05, 4.69) is 10.6 Å². The smallest absolute Gasteiger partial charge is 0.256 e. The normalized spacial score (nSPS) is 19.3. The van der Waals surface area contributed by atoms with Gasteiger partial charge in [-0.3, -0.25) is 9.59 Å². The summed E-state index contributed by atoms with van der Waals surface area (Å²) in [5.74, 6) is 0.0507. The predicted molar refractivity (Wildman–Crippen MR) is 115 cm³/mol. The molecule has 2 N–H and O–H groups in total. The van der Waals surface area contributed by atoms with Crippen LogP contribution in [0.25, 0.3) is 0 Å². The average molecular weight is 392 g/mol. The van der Waals surface area contributed by atoms with E-state index in [0.717, 1.165) is 29.7 Å². The van der Waals surface area contributed by atoms with Gasteiger partial charge in [-0.25, -0.2) is 0 Å². The Bertz CT molecular complexity index is 885. The summed E-state index contributed by atoms with van der Waals surface area (Å²) in [6, 6.07) is 15.8. The third kappa shape index (κ3) is 4.00. The molecule has 2 amide bonds. The van der Waals surface area contributed by atoms with Crippen molar-refractivity contribution in [1.29, 1.82) is 0 Å². The zero-order chi connectivity index (χ0) is 20.4. The molecule has 5 nitrogen and oxygen atoms in total. The zero-order valence-corrected chi connectivity index (χ0v) is 17.2. The number of nitrogens with zero attached hydrogens (tertiary/aromatic N) is 1. The summed E-state index contributed by atoms with van der Waals surface area (Å²) >= 11 is 0. The summed E-state index contributed by atoms with van der Waals surface area (Å²) < 4.78 is 0. The van der Waals surface area contributed by atoms with Gasteiger partial charge in [-0.15, -0.1) is 0 Å². The summed E-state index contributed by atoms with van der Waals surface area (Å²) in [6.07, 6.45) is 5.56. The van der Waals surface area contributed by atoms with Gasteiger partial charge < -0.3 is 15.5 Å². The minimum Gasteiger partial charge on any atom is -0.361 e. The summed E-state index contributed by atoms with van der Waals surface area (Å²) in [7, 11) is 0. The summed E-state index contributed by atoms with van der Waals surface area (Å²) in [5.41, 5.74) is 3.37. The highest BCUT2D eigenvalue weighted by Crippen LogP contribution is 2.39. The van der Waals surface area contributed by atoms with Crippen LogP contribution in [0.5, 0.6) is 0 Å². The maximum absolute atomic E-state index is 13.2. The highest BCUT2D eigenvalue weighted by Gasteiger charge is 2.40. The molecule has 1 atom stereocenters. The number of anilines is 1. The molecule has 1 saturated carbocycles. The monoisotopic (exact) mass is 391 g/mol. The first-order chi connectivity index (χ1) is 14.0. The maximum atomic E-state index is 13.2. The molecule has 0 saturated heterocycles. The Morgan fingerprint density at radius 2 is 1.69 bits per heavy atom. The molecule has 0 radical (unpaired) electrons. The van der Waals surface area contributed by atoms with Gasteiger partial charge in [0.05, 0.1) is 0 Å². The van der Waals surface area contributed by atoms with Crippen LogP contribution in [0, 0.1) is 0 Å². The molecule has 152 valence electrons. The van der Waals surface area contributed by atoms with E-state index < -0.39 is 0 Å². The molecule has 5 heteroatoms. The fourth-order valence-electron chi connectivity index (χ4n) is 4.44. The van der Waals surface area contributed by atoms with Crippen LogP contribution in [0.1, 0.15) is 78.4 Å². The maximum Gasteiger partial charge on any atom is 0.256 e. The second-order valence-corrected chi connectivity index (χ2v) is 8.34. The van der Waals surface area contributed by atoms with Gasteiger partial charge in [0, 0.05) is 34.5 Å². The van der Waals surface area contributed by atoms with E-state index in [1.165, 1.54) is 19.3 Å². The summed E-state index contributed by atoms with van der Waals surface area (Å²) in [5, 5.41) is 6.46. The largest absolute Gasteiger partial charge is 0.361 e. The number of carbonyl (C=O) groups excluding carboxylic acids is 2. The third-order valence-electron chi connectivity index (χ3n) is 5.84. The number of hydrogen-bond acceptors (Lipinski definition) is 3. The Kier molecular flexibility index (Phi) is 5.56. The van der Waals surface area contributed by atoms with E-state index in [1.807, 2.05) is 67.3 Å². The van der Waals surface area contributed by atoms with Gasteiger partial charge >= 0.3 is 0 Å². The lowest BCUT2D eigenvalue weighted by Gasteiger charge is -2.36. The van der Waals surface area contributed by atoms with Crippen LogP contribution in [0.4, 0.5) is 5.69 Å². The Morgan fingerprint density at radius 3 is 2.38 bits per heavy atom. The van der Waals surface area contributed by atoms with Crippen LogP contribution in [0.2, 0.25) is 0 Å². The number of fused-ring (bicyclic) bond motifs is 1. The molecule has 1 unspecified atom stereocenters. The van der Waals surface area contributed by atoms with E-state index in [1.54, 1.807) is 0 Å². The van der Waals surface area contributed by atoms with Crippen molar-refractivity contribution in [1.82, 2.24) is 10.2 Å². The van der Waals surface area contributed by atoms with Crippen molar-refractivity contribution >= 4 is 17.5 Å². The number of benzene rings is 2. The lowest BCUT2D eigenvalue weighted by Crippen LogP contribution is -2.42. The molecule has 2 aliphatic rings. The fourth-order valence-corrected chi connectivity index (χ4v) is 4.44. The first-order valence-corrected chi connectivity index (χ1v) is 10.6. The molecule has 0 bridgehead atoms. The molecular weight excluding hydrogens is 362 g/mol. The SMILES string of the molecule is CC(C)NC(=O)c1ccc(NC2c3ccccc3C(=O)N2C2CCCCC2)cc1. The second kappa shape index (κ2) is 8.27. The standard InChI is InChI=1S/C24H29N3O2/c1-16(2)25-23(28)17-12-14-18(15-13-17)26-22-20-10-6-7-11-21(20)24(29)27(22)19-8-4-3-5-9-19/h6-7,10-16,19,22,26H,3-5,8-9H2,1-2H3,(H,25,28). The van der Waals surface area contributed by atoms with Crippen molar-refractivity contribution < 1.29 is 9.59 Å². The lowest BCUT2D eigenvalue weighted by molar-refractivity contribution is 0.0600. The van der Waals surface area contributed by atoms with Gasteiger partial charge in [-0.2, -0.15) is 0 Å². The predicted octanol–water partition coefficient (Wildman–Crippen LogP) is 4.72. The fraction of sp³-hybridized carbons (Fsp3) is 0.417. The molecule has 1 heterocycles. The molecule has 4 rings (SSSR count). The van der Waals surface area contributed by atoms with Crippen molar-refractivity contribution in [2.75, 3.05) is 5.32 Å². The van der Waals surface area contributed by atoms with Gasteiger partial charge in [0.1, 0.15) is 6.17 Å². The molecule has 2 aromatic carbocycles. The van der Waals surface area contributed by atoms with Crippen molar-refractivity contribution in [3.8, 4) is 0 Å². The third-order valence-corrected chi connectivity index (χ3v) is 5.84. The lowest BCUT2D eigenvalue weighted by atomic mass is 9.94. The Morgan fingerprint density at radius 1 is 1.00 bits per heavy atom. The molecule has 1 aliphatic carbocycles. The van der Waals surface area contributed by atoms with Gasteiger partial charge in [-0.1, -0.05) is 37.5 Å². The van der Waals surface area contributed by atoms with Crippen molar-refractivity contribution in [2.45, 2.75) is 64.2 Å². The molecule has 1 fully saturated rings. The van der Waals surface area contributed by atoms with Crippen LogP contribution in [-0.2, 0) is 0 Å². The molecule has 0 aromatic heterocycles. The summed E-state index contributed by atoms with van der Waals surface area (Å²) in [6.45, 7) is 3.89. The number of nitrogens with one attached hydrogen (secondary N) is 2. The Balaban J connectivity index is 1.58. The van der Waals surface area contributed by atoms with Crippen LogP contribution in [0.15, 0.2) is 48.5 Å². The van der Waals surface area contributed by atoms with Crippen molar-refractivity contribution in [3.05, 3.63) is 65.2 Å². The Labute approximate surface area is 172 Å². The second-order valence-electron chi connectivity index (χ2n) is 8.34. The van der Waals surface area contributed by atoms with Crippen LogP contribution in [0.3, 0.4) is 0 Å². The zero-order valence-electron chi connectivity index (χ0n) is 17.2. The molecular formula is C24H29N3O2. The van der Waals surface area contributed by atoms with Crippen molar-refractivity contribution in [3.63, 3.8) is 0 Å². The van der Waals surface area contributed by atoms with Crippen molar-refractivity contribution in [2.24, 2.45) is 0 Å². The van der Waals surface area contributed by atoms with E-state index in [9.17, 15) is 9.59 Å². The topological polar surface area (TPSA) is 61.4 Å². The first-order valence-electron chi connectivity index (χ1n) is 10.6. The van der Waals surface area contributed by atoms with E-state index in [0.29, 0.717) is 5.56 Å². The van der Waals surface area contributed by atoms with E-state index >= 15 is 0 Å². The number of carbonyl (C=O) groups is 2. The number of hydrogen-bond donors (Lipinski definition) is 2. The van der Waals surface area contributed by atoms with Gasteiger partial charge in [0.15, 0.2) is 0 Å². The van der Waals surface area contributed by atoms with Gasteiger partial charge in [0.2, 0.25) is 0 Å². The molecule has 1 aliphatic heterocycles. The number of rotatable bonds is 5. The first kappa shape index (κ1) is 19.5. The molecule has 0 spiro atoms. The number of amides is 2. The van der Waals surface area contributed by atoms with Crippen LogP contribution >= 0.6 is 0 Å². The molecule has 29 heavy (non-hydrogen) atoms. The average Bonchev–Trinajstić information content (AvgIpc) is 3.01. The van der Waals surface area contributed by atoms with Crippen LogP contribution in [-0.4, -0.2) is 28.8 Å². The molecule has 2 aromatic rings.